The van der Waals surface area contributed by atoms with E-state index in [0.29, 0.717) is 19.3 Å². The Kier molecular flexibility index (Phi) is 45.7. The average Bonchev–Trinajstić information content (AvgIpc) is 3.24. The molecule has 0 aromatic carbocycles. The summed E-state index contributed by atoms with van der Waals surface area (Å²) < 4.78 is 5.81. The van der Waals surface area contributed by atoms with Crippen LogP contribution in [0.25, 0.3) is 0 Å². The molecule has 0 rings (SSSR count). The molecule has 0 heterocycles. The zero-order valence-corrected chi connectivity index (χ0v) is 39.6. The van der Waals surface area contributed by atoms with Crippen LogP contribution in [0.5, 0.6) is 0 Å². The van der Waals surface area contributed by atoms with Gasteiger partial charge in [-0.2, -0.15) is 0 Å². The highest BCUT2D eigenvalue weighted by atomic mass is 16.5. The lowest BCUT2D eigenvalue weighted by Gasteiger charge is -2.23. The zero-order valence-electron chi connectivity index (χ0n) is 39.6. The number of unbranched alkanes of at least 4 members (excludes halogenated alkanes) is 25. The molecule has 60 heavy (non-hydrogen) atoms. The second kappa shape index (κ2) is 47.6. The fraction of sp³-hybridized carbons (Fsp3) is 0.778. The lowest BCUT2D eigenvalue weighted by Crippen LogP contribution is -2.46. The number of rotatable bonds is 45. The molecule has 0 saturated carbocycles. The third-order valence-corrected chi connectivity index (χ3v) is 11.4. The van der Waals surface area contributed by atoms with E-state index < -0.39 is 18.2 Å². The van der Waals surface area contributed by atoms with Gasteiger partial charge in [0.15, 0.2) is 0 Å². The number of hydrogen-bond donors (Lipinski definition) is 3. The number of amides is 1. The molecule has 0 aliphatic heterocycles. The van der Waals surface area contributed by atoms with E-state index in [2.05, 4.69) is 74.7 Å². The molecule has 0 bridgehead atoms. The SMILES string of the molecule is CC/C=C/C/C=C/C/C=C/C/C=C/C/C=C/C(CC(=O)NC(CO)C(O)CCCCCCCCCCCCCCCCCC)OC(=O)CCCCCCCCCCCCC. The van der Waals surface area contributed by atoms with Crippen molar-refractivity contribution >= 4 is 11.9 Å². The topological polar surface area (TPSA) is 95.9 Å². The molecule has 6 nitrogen and oxygen atoms in total. The normalized spacial score (nSPS) is 13.8. The van der Waals surface area contributed by atoms with Crippen molar-refractivity contribution in [2.75, 3.05) is 6.61 Å². The Balaban J connectivity index is 4.66. The fourth-order valence-corrected chi connectivity index (χ4v) is 7.51. The highest BCUT2D eigenvalue weighted by Crippen LogP contribution is 2.16. The minimum Gasteiger partial charge on any atom is -0.458 e. The molecule has 0 radical (unpaired) electrons. The van der Waals surface area contributed by atoms with E-state index in [4.69, 9.17) is 4.74 Å². The monoisotopic (exact) mass is 840 g/mol. The van der Waals surface area contributed by atoms with Gasteiger partial charge in [-0.15, -0.1) is 0 Å². The maximum atomic E-state index is 13.2. The van der Waals surface area contributed by atoms with Crippen LogP contribution in [0, 0.1) is 0 Å². The van der Waals surface area contributed by atoms with E-state index in [9.17, 15) is 19.8 Å². The van der Waals surface area contributed by atoms with Crippen LogP contribution in [-0.2, 0) is 14.3 Å². The van der Waals surface area contributed by atoms with Crippen LogP contribution in [0.2, 0.25) is 0 Å². The molecule has 1 amide bonds. The van der Waals surface area contributed by atoms with Crippen LogP contribution in [0.1, 0.15) is 245 Å². The number of nitrogens with one attached hydrogen (secondary N) is 1. The molecule has 0 fully saturated rings. The zero-order chi connectivity index (χ0) is 43.8. The number of carbonyl (C=O) groups excluding carboxylic acids is 2. The Morgan fingerprint density at radius 3 is 1.27 bits per heavy atom. The minimum atomic E-state index is -0.818. The Bertz CT molecular complexity index is 1080. The van der Waals surface area contributed by atoms with E-state index in [1.807, 2.05) is 6.08 Å². The molecule has 0 saturated heterocycles. The summed E-state index contributed by atoms with van der Waals surface area (Å²) in [5.41, 5.74) is 0. The number of aliphatic hydroxyl groups excluding tert-OH is 2. The van der Waals surface area contributed by atoms with Gasteiger partial charge in [0.05, 0.1) is 25.2 Å². The predicted molar refractivity (Wildman–Crippen MR) is 259 cm³/mol. The van der Waals surface area contributed by atoms with E-state index in [1.54, 1.807) is 6.08 Å². The van der Waals surface area contributed by atoms with Gasteiger partial charge in [-0.3, -0.25) is 9.59 Å². The van der Waals surface area contributed by atoms with E-state index >= 15 is 0 Å². The molecular weight excluding hydrogens is 743 g/mol. The second-order valence-electron chi connectivity index (χ2n) is 17.2. The van der Waals surface area contributed by atoms with Crippen molar-refractivity contribution in [2.24, 2.45) is 0 Å². The lowest BCUT2D eigenvalue weighted by atomic mass is 10.0. The summed E-state index contributed by atoms with van der Waals surface area (Å²) in [6, 6.07) is -0.741. The summed E-state index contributed by atoms with van der Waals surface area (Å²) in [5, 5.41) is 23.7. The molecule has 3 N–H and O–H groups in total. The van der Waals surface area contributed by atoms with Crippen molar-refractivity contribution in [1.29, 1.82) is 0 Å². The summed E-state index contributed by atoms with van der Waals surface area (Å²) in [6.45, 7) is 6.33. The molecular formula is C54H97NO5. The average molecular weight is 840 g/mol. The summed E-state index contributed by atoms with van der Waals surface area (Å²) in [7, 11) is 0. The summed E-state index contributed by atoms with van der Waals surface area (Å²) in [4.78, 5) is 26.0. The highest BCUT2D eigenvalue weighted by Gasteiger charge is 2.23. The molecule has 0 spiro atoms. The first-order chi connectivity index (χ1) is 29.5. The van der Waals surface area contributed by atoms with Crippen molar-refractivity contribution < 1.29 is 24.5 Å². The smallest absolute Gasteiger partial charge is 0.306 e. The molecule has 0 aliphatic rings. The molecule has 348 valence electrons. The molecule has 0 aromatic heterocycles. The summed E-state index contributed by atoms with van der Waals surface area (Å²) in [6.07, 6.45) is 58.8. The Morgan fingerprint density at radius 2 is 0.867 bits per heavy atom. The van der Waals surface area contributed by atoms with Gasteiger partial charge in [0.1, 0.15) is 6.10 Å². The van der Waals surface area contributed by atoms with E-state index in [1.165, 1.54) is 135 Å². The van der Waals surface area contributed by atoms with Crippen molar-refractivity contribution in [1.82, 2.24) is 5.32 Å². The Hall–Kier alpha value is -2.44. The Morgan fingerprint density at radius 1 is 0.500 bits per heavy atom. The highest BCUT2D eigenvalue weighted by molar-refractivity contribution is 5.78. The van der Waals surface area contributed by atoms with Gasteiger partial charge >= 0.3 is 5.97 Å². The predicted octanol–water partition coefficient (Wildman–Crippen LogP) is 15.2. The molecule has 0 aliphatic carbocycles. The molecule has 6 heteroatoms. The van der Waals surface area contributed by atoms with Gasteiger partial charge in [0.25, 0.3) is 0 Å². The van der Waals surface area contributed by atoms with Crippen LogP contribution in [0.3, 0.4) is 0 Å². The van der Waals surface area contributed by atoms with Gasteiger partial charge in [0, 0.05) is 6.42 Å². The number of esters is 1. The van der Waals surface area contributed by atoms with E-state index in [0.717, 1.165) is 64.2 Å². The van der Waals surface area contributed by atoms with Gasteiger partial charge in [-0.1, -0.05) is 242 Å². The second-order valence-corrected chi connectivity index (χ2v) is 17.2. The summed E-state index contributed by atoms with van der Waals surface area (Å²) in [5.74, 6) is -0.625. The first kappa shape index (κ1) is 57.6. The largest absolute Gasteiger partial charge is 0.458 e. The quantitative estimate of drug-likeness (QED) is 0.0322. The van der Waals surface area contributed by atoms with Gasteiger partial charge in [0.2, 0.25) is 5.91 Å². The number of carbonyl (C=O) groups is 2. The van der Waals surface area contributed by atoms with Crippen LogP contribution >= 0.6 is 0 Å². The maximum absolute atomic E-state index is 13.2. The lowest BCUT2D eigenvalue weighted by molar-refractivity contribution is -0.148. The molecule has 3 atom stereocenters. The summed E-state index contributed by atoms with van der Waals surface area (Å²) >= 11 is 0. The van der Waals surface area contributed by atoms with Crippen LogP contribution in [0.4, 0.5) is 0 Å². The number of ether oxygens (including phenoxy) is 1. The number of hydrogen-bond acceptors (Lipinski definition) is 5. The molecule has 0 aromatic rings. The first-order valence-corrected chi connectivity index (χ1v) is 25.5. The van der Waals surface area contributed by atoms with Crippen molar-refractivity contribution in [2.45, 2.75) is 264 Å². The number of aliphatic hydroxyl groups is 2. The fourth-order valence-electron chi connectivity index (χ4n) is 7.51. The van der Waals surface area contributed by atoms with Crippen molar-refractivity contribution in [3.8, 4) is 0 Å². The van der Waals surface area contributed by atoms with Crippen LogP contribution in [-0.4, -0.2) is 46.9 Å². The van der Waals surface area contributed by atoms with Crippen molar-refractivity contribution in [3.05, 3.63) is 60.8 Å². The maximum Gasteiger partial charge on any atom is 0.306 e. The van der Waals surface area contributed by atoms with Crippen LogP contribution in [0.15, 0.2) is 60.8 Å². The van der Waals surface area contributed by atoms with Crippen molar-refractivity contribution in [3.63, 3.8) is 0 Å². The third kappa shape index (κ3) is 42.3. The van der Waals surface area contributed by atoms with Gasteiger partial charge in [-0.25, -0.2) is 0 Å². The minimum absolute atomic E-state index is 0.0447. The first-order valence-electron chi connectivity index (χ1n) is 25.5. The van der Waals surface area contributed by atoms with Gasteiger partial charge < -0.3 is 20.3 Å². The van der Waals surface area contributed by atoms with Crippen LogP contribution < -0.4 is 5.32 Å². The van der Waals surface area contributed by atoms with E-state index in [-0.39, 0.29) is 24.9 Å². The Labute approximate surface area is 371 Å². The molecule has 3 unspecified atom stereocenters. The number of allylic oxidation sites excluding steroid dienone is 9. The van der Waals surface area contributed by atoms with Gasteiger partial charge in [-0.05, 0) is 51.0 Å². The third-order valence-electron chi connectivity index (χ3n) is 11.4. The standard InChI is InChI=1S/C54H97NO5/c1-4-7-10-13-16-19-22-24-26-27-29-32-34-37-40-43-46-52(57)51(49-56)55-53(58)48-50(45-42-39-36-33-31-28-25-23-20-17-14-11-8-5-2)60-54(59)47-44-41-38-35-30-21-18-15-12-9-6-3/h8,11,17,20,25,28,33,36,42,45,50-52,56-57H,4-7,9-10,12-16,18-19,21-24,26-27,29-32,34-35,37-41,43-44,46-49H2,1-3H3,(H,55,58)/b11-8+,20-17+,28-25+,36-33+,45-42+.